The molecule has 2 rings (SSSR count). The predicted octanol–water partition coefficient (Wildman–Crippen LogP) is 4.27. The summed E-state index contributed by atoms with van der Waals surface area (Å²) in [5.41, 5.74) is 1.37. The Kier molecular flexibility index (Phi) is 12.8. The van der Waals surface area contributed by atoms with Gasteiger partial charge in [0.2, 0.25) is 10.0 Å². The average Bonchev–Trinajstić information content (AvgIpc) is 2.65. The maximum absolute atomic E-state index is 11.5. The van der Waals surface area contributed by atoms with Gasteiger partial charge in [0.05, 0.1) is 6.26 Å². The van der Waals surface area contributed by atoms with Gasteiger partial charge in [0.15, 0.2) is 0 Å². The lowest BCUT2D eigenvalue weighted by Crippen LogP contribution is -2.42. The van der Waals surface area contributed by atoms with Gasteiger partial charge in [-0.25, -0.2) is 12.7 Å². The summed E-state index contributed by atoms with van der Waals surface area (Å²) in [5, 5.41) is 0. The second-order valence-electron chi connectivity index (χ2n) is 6.58. The van der Waals surface area contributed by atoms with Crippen LogP contribution in [0.1, 0.15) is 53.0 Å². The third-order valence-corrected chi connectivity index (χ3v) is 6.02. The molecule has 152 valence electrons. The van der Waals surface area contributed by atoms with E-state index in [1.165, 1.54) is 11.8 Å². The van der Waals surface area contributed by atoms with Crippen molar-refractivity contribution < 1.29 is 8.42 Å². The highest BCUT2D eigenvalue weighted by Crippen LogP contribution is 2.21. The summed E-state index contributed by atoms with van der Waals surface area (Å²) in [4.78, 5) is 2.41. The lowest BCUT2D eigenvalue weighted by atomic mass is 9.96. The van der Waals surface area contributed by atoms with Gasteiger partial charge in [-0.1, -0.05) is 58.0 Å². The van der Waals surface area contributed by atoms with E-state index < -0.39 is 10.0 Å². The lowest BCUT2D eigenvalue weighted by Gasteiger charge is -2.34. The van der Waals surface area contributed by atoms with Crippen LogP contribution >= 0.6 is 0 Å². The molecule has 5 heteroatoms. The van der Waals surface area contributed by atoms with Crippen LogP contribution < -0.4 is 0 Å². The number of rotatable bonds is 6. The van der Waals surface area contributed by atoms with Gasteiger partial charge in [0, 0.05) is 25.7 Å². The van der Waals surface area contributed by atoms with Crippen LogP contribution in [0.4, 0.5) is 0 Å². The normalized spacial score (nSPS) is 16.9. The van der Waals surface area contributed by atoms with Crippen molar-refractivity contribution in [2.24, 2.45) is 5.92 Å². The van der Waals surface area contributed by atoms with E-state index in [9.17, 15) is 8.42 Å². The van der Waals surface area contributed by atoms with Crippen molar-refractivity contribution in [1.82, 2.24) is 9.21 Å². The van der Waals surface area contributed by atoms with E-state index in [1.807, 2.05) is 33.8 Å². The summed E-state index contributed by atoms with van der Waals surface area (Å²) in [6.07, 6.45) is 4.30. The van der Waals surface area contributed by atoms with E-state index >= 15 is 0 Å². The van der Waals surface area contributed by atoms with Crippen LogP contribution in [0.3, 0.4) is 0 Å². The Balaban J connectivity index is 0.00000146. The standard InChI is InChI=1S/C17H28N2O2S.2C2H6/c1-15(13-16-7-5-4-6-8-16)18(2)14-17-9-11-19(12-10-17)22(3,20)21;2*1-2/h4-8,15,17H,9-14H2,1-3H3;2*1-2H3. The SMILES string of the molecule is CC.CC.CC(Cc1ccccc1)N(C)CC1CCN(S(C)(=O)=O)CC1. The fraction of sp³-hybridized carbons (Fsp3) is 0.714. The van der Waals surface area contributed by atoms with Gasteiger partial charge in [-0.3, -0.25) is 0 Å². The monoisotopic (exact) mass is 384 g/mol. The van der Waals surface area contributed by atoms with Crippen molar-refractivity contribution in [3.05, 3.63) is 35.9 Å². The van der Waals surface area contributed by atoms with Crippen molar-refractivity contribution >= 4 is 10.0 Å². The minimum atomic E-state index is -3.02. The first-order chi connectivity index (χ1) is 12.4. The first-order valence-electron chi connectivity index (χ1n) is 10.1. The maximum atomic E-state index is 11.5. The molecule has 0 spiro atoms. The Morgan fingerprint density at radius 2 is 1.58 bits per heavy atom. The first kappa shape index (κ1) is 25.1. The quantitative estimate of drug-likeness (QED) is 0.735. The summed E-state index contributed by atoms with van der Waals surface area (Å²) in [6.45, 7) is 12.7. The van der Waals surface area contributed by atoms with Crippen molar-refractivity contribution in [2.75, 3.05) is 32.9 Å². The van der Waals surface area contributed by atoms with Gasteiger partial charge in [-0.15, -0.1) is 0 Å². The van der Waals surface area contributed by atoms with Crippen molar-refractivity contribution in [2.45, 2.75) is 59.9 Å². The molecule has 1 saturated heterocycles. The third-order valence-electron chi connectivity index (χ3n) is 4.72. The van der Waals surface area contributed by atoms with Crippen molar-refractivity contribution in [3.63, 3.8) is 0 Å². The molecule has 0 amide bonds. The summed E-state index contributed by atoms with van der Waals surface area (Å²) < 4.78 is 24.7. The van der Waals surface area contributed by atoms with Gasteiger partial charge in [-0.05, 0) is 44.7 Å². The Bertz CT molecular complexity index is 553. The summed E-state index contributed by atoms with van der Waals surface area (Å²) >= 11 is 0. The number of hydrogen-bond acceptors (Lipinski definition) is 3. The Labute approximate surface area is 162 Å². The zero-order valence-corrected chi connectivity index (χ0v) is 18.7. The maximum Gasteiger partial charge on any atom is 0.211 e. The first-order valence-corrected chi connectivity index (χ1v) is 11.9. The van der Waals surface area contributed by atoms with Crippen LogP contribution in [0, 0.1) is 5.92 Å². The van der Waals surface area contributed by atoms with E-state index in [4.69, 9.17) is 0 Å². The van der Waals surface area contributed by atoms with Crippen molar-refractivity contribution in [3.8, 4) is 0 Å². The lowest BCUT2D eigenvalue weighted by molar-refractivity contribution is 0.174. The van der Waals surface area contributed by atoms with Crippen LogP contribution in [0.25, 0.3) is 0 Å². The van der Waals surface area contributed by atoms with Crippen molar-refractivity contribution in [1.29, 1.82) is 0 Å². The molecule has 0 aliphatic carbocycles. The van der Waals surface area contributed by atoms with Gasteiger partial charge in [0.1, 0.15) is 0 Å². The zero-order chi connectivity index (χ0) is 20.2. The molecule has 1 heterocycles. The summed E-state index contributed by atoms with van der Waals surface area (Å²) in [7, 11) is -0.838. The molecule has 0 radical (unpaired) electrons. The number of sulfonamides is 1. The van der Waals surface area contributed by atoms with Crippen LogP contribution in [0.15, 0.2) is 30.3 Å². The van der Waals surface area contributed by atoms with E-state index in [-0.39, 0.29) is 0 Å². The largest absolute Gasteiger partial charge is 0.303 e. The van der Waals surface area contributed by atoms with E-state index in [1.54, 1.807) is 4.31 Å². The molecule has 1 aromatic rings. The summed E-state index contributed by atoms with van der Waals surface area (Å²) in [6, 6.07) is 11.1. The number of likely N-dealkylation sites (N-methyl/N-ethyl adjacent to an activating group) is 1. The van der Waals surface area contributed by atoms with Gasteiger partial charge < -0.3 is 4.90 Å². The predicted molar refractivity (Wildman–Crippen MR) is 114 cm³/mol. The van der Waals surface area contributed by atoms with Gasteiger partial charge >= 0.3 is 0 Å². The second-order valence-corrected chi connectivity index (χ2v) is 8.57. The number of hydrogen-bond donors (Lipinski definition) is 0. The highest BCUT2D eigenvalue weighted by atomic mass is 32.2. The molecule has 26 heavy (non-hydrogen) atoms. The highest BCUT2D eigenvalue weighted by Gasteiger charge is 2.26. The molecular weight excluding hydrogens is 344 g/mol. The molecule has 0 N–H and O–H groups in total. The van der Waals surface area contributed by atoms with E-state index in [2.05, 4.69) is 43.1 Å². The summed E-state index contributed by atoms with van der Waals surface area (Å²) in [5.74, 6) is 0.598. The molecule has 0 saturated carbocycles. The van der Waals surface area contributed by atoms with Crippen LogP contribution in [0.2, 0.25) is 0 Å². The molecule has 1 aromatic carbocycles. The highest BCUT2D eigenvalue weighted by molar-refractivity contribution is 7.88. The van der Waals surface area contributed by atoms with Crippen LogP contribution in [-0.4, -0.2) is 56.6 Å². The molecule has 0 aromatic heterocycles. The van der Waals surface area contributed by atoms with Crippen LogP contribution in [0.5, 0.6) is 0 Å². The van der Waals surface area contributed by atoms with Gasteiger partial charge in [-0.2, -0.15) is 0 Å². The smallest absolute Gasteiger partial charge is 0.211 e. The molecular formula is C21H40N2O2S. The minimum Gasteiger partial charge on any atom is -0.303 e. The molecule has 1 atom stereocenters. The zero-order valence-electron chi connectivity index (χ0n) is 17.9. The topological polar surface area (TPSA) is 40.6 Å². The second kappa shape index (κ2) is 13.3. The molecule has 1 unspecified atom stereocenters. The fourth-order valence-electron chi connectivity index (χ4n) is 3.12. The van der Waals surface area contributed by atoms with E-state index in [0.29, 0.717) is 25.0 Å². The number of piperidine rings is 1. The third kappa shape index (κ3) is 9.15. The molecule has 0 bridgehead atoms. The number of nitrogens with zero attached hydrogens (tertiary/aromatic N) is 2. The minimum absolute atomic E-state index is 0.496. The molecule has 1 aliphatic heterocycles. The van der Waals surface area contributed by atoms with Gasteiger partial charge in [0.25, 0.3) is 0 Å². The Morgan fingerprint density at radius 1 is 1.08 bits per heavy atom. The number of benzene rings is 1. The Hall–Kier alpha value is -0.910. The molecule has 4 nitrogen and oxygen atoms in total. The van der Waals surface area contributed by atoms with Crippen LogP contribution in [-0.2, 0) is 16.4 Å². The molecule has 1 aliphatic rings. The average molecular weight is 385 g/mol. The Morgan fingerprint density at radius 3 is 2.04 bits per heavy atom. The molecule has 1 fully saturated rings. The fourth-order valence-corrected chi connectivity index (χ4v) is 4.00. The van der Waals surface area contributed by atoms with E-state index in [0.717, 1.165) is 25.8 Å².